The van der Waals surface area contributed by atoms with Crippen molar-refractivity contribution in [3.63, 3.8) is 0 Å². The summed E-state index contributed by atoms with van der Waals surface area (Å²) >= 11 is 0. The fourth-order valence-corrected chi connectivity index (χ4v) is 2.77. The molecule has 0 spiro atoms. The molecule has 4 aromatic rings. The van der Waals surface area contributed by atoms with Crippen LogP contribution in [0.3, 0.4) is 0 Å². The number of nitrogens with zero attached hydrogens (tertiary/aromatic N) is 3. The van der Waals surface area contributed by atoms with Gasteiger partial charge in [-0.3, -0.25) is 0 Å². The van der Waals surface area contributed by atoms with Gasteiger partial charge >= 0.3 is 0 Å². The third-order valence-electron chi connectivity index (χ3n) is 3.88. The number of aromatic nitrogens is 3. The summed E-state index contributed by atoms with van der Waals surface area (Å²) in [7, 11) is 2.03. The van der Waals surface area contributed by atoms with Gasteiger partial charge in [0.25, 0.3) is 6.01 Å². The summed E-state index contributed by atoms with van der Waals surface area (Å²) in [6, 6.07) is 14.4. The van der Waals surface area contributed by atoms with Crippen LogP contribution in [0.5, 0.6) is 0 Å². The number of hydrogen-bond acceptors (Lipinski definition) is 4. The van der Waals surface area contributed by atoms with E-state index in [-0.39, 0.29) is 0 Å². The molecular formula is C17H16N4O. The van der Waals surface area contributed by atoms with Crippen molar-refractivity contribution in [2.75, 3.05) is 5.32 Å². The lowest BCUT2D eigenvalue weighted by molar-refractivity contribution is 0.611. The van der Waals surface area contributed by atoms with Crippen LogP contribution in [0.15, 0.2) is 46.9 Å². The summed E-state index contributed by atoms with van der Waals surface area (Å²) in [5.74, 6) is 0.951. The highest BCUT2D eigenvalue weighted by molar-refractivity contribution is 5.79. The SMILES string of the molecule is Cc1cccc2nc(CNc3nc4ccccc4o3)n(C)c12. The van der Waals surface area contributed by atoms with Gasteiger partial charge in [0.1, 0.15) is 11.3 Å². The number of fused-ring (bicyclic) bond motifs is 2. The van der Waals surface area contributed by atoms with Gasteiger partial charge in [-0.1, -0.05) is 24.3 Å². The normalized spacial score (nSPS) is 11.4. The first-order chi connectivity index (χ1) is 10.7. The van der Waals surface area contributed by atoms with E-state index in [1.54, 1.807) is 0 Å². The van der Waals surface area contributed by atoms with Crippen LogP contribution in [0.1, 0.15) is 11.4 Å². The van der Waals surface area contributed by atoms with Crippen molar-refractivity contribution >= 4 is 28.1 Å². The molecule has 0 amide bonds. The molecule has 4 rings (SSSR count). The Morgan fingerprint density at radius 1 is 1.05 bits per heavy atom. The monoisotopic (exact) mass is 292 g/mol. The van der Waals surface area contributed by atoms with Crippen molar-refractivity contribution in [3.05, 3.63) is 53.9 Å². The van der Waals surface area contributed by atoms with Gasteiger partial charge < -0.3 is 14.3 Å². The minimum absolute atomic E-state index is 0.518. The highest BCUT2D eigenvalue weighted by Gasteiger charge is 2.10. The van der Waals surface area contributed by atoms with E-state index < -0.39 is 0 Å². The van der Waals surface area contributed by atoms with E-state index in [2.05, 4.69) is 32.8 Å². The van der Waals surface area contributed by atoms with Crippen LogP contribution in [0, 0.1) is 6.92 Å². The number of aryl methyl sites for hydroxylation is 2. The zero-order valence-corrected chi connectivity index (χ0v) is 12.5. The molecule has 2 aromatic heterocycles. The summed E-state index contributed by atoms with van der Waals surface area (Å²) in [6.45, 7) is 2.67. The molecule has 22 heavy (non-hydrogen) atoms. The van der Waals surface area contributed by atoms with Crippen LogP contribution in [0.2, 0.25) is 0 Å². The maximum Gasteiger partial charge on any atom is 0.296 e. The fraction of sp³-hybridized carbons (Fsp3) is 0.176. The lowest BCUT2D eigenvalue weighted by Crippen LogP contribution is -2.06. The molecule has 5 heteroatoms. The molecular weight excluding hydrogens is 276 g/mol. The van der Waals surface area contributed by atoms with E-state index in [1.165, 1.54) is 5.56 Å². The van der Waals surface area contributed by atoms with Gasteiger partial charge in [0.05, 0.1) is 17.6 Å². The second kappa shape index (κ2) is 4.87. The Kier molecular flexibility index (Phi) is 2.85. The molecule has 0 bridgehead atoms. The Morgan fingerprint density at radius 2 is 1.86 bits per heavy atom. The average molecular weight is 292 g/mol. The van der Waals surface area contributed by atoms with Crippen molar-refractivity contribution in [3.8, 4) is 0 Å². The first kappa shape index (κ1) is 12.9. The maximum absolute atomic E-state index is 5.67. The minimum Gasteiger partial charge on any atom is -0.424 e. The van der Waals surface area contributed by atoms with Gasteiger partial charge in [-0.25, -0.2) is 4.98 Å². The van der Waals surface area contributed by atoms with Crippen LogP contribution in [-0.4, -0.2) is 14.5 Å². The lowest BCUT2D eigenvalue weighted by atomic mass is 10.2. The van der Waals surface area contributed by atoms with Crippen molar-refractivity contribution < 1.29 is 4.42 Å². The Balaban J connectivity index is 1.63. The Hall–Kier alpha value is -2.82. The Labute approximate surface area is 127 Å². The standard InChI is InChI=1S/C17H16N4O/c1-11-6-5-8-13-16(11)21(2)15(19-13)10-18-17-20-12-7-3-4-9-14(12)22-17/h3-9H,10H2,1-2H3,(H,18,20). The molecule has 110 valence electrons. The predicted molar refractivity (Wildman–Crippen MR) is 86.8 cm³/mol. The van der Waals surface area contributed by atoms with Gasteiger partial charge in [0.15, 0.2) is 5.58 Å². The van der Waals surface area contributed by atoms with E-state index in [1.807, 2.05) is 43.4 Å². The molecule has 0 aliphatic rings. The molecule has 0 aliphatic carbocycles. The molecule has 0 radical (unpaired) electrons. The molecule has 5 nitrogen and oxygen atoms in total. The molecule has 0 atom stereocenters. The quantitative estimate of drug-likeness (QED) is 0.626. The number of nitrogens with one attached hydrogen (secondary N) is 1. The largest absolute Gasteiger partial charge is 0.424 e. The molecule has 2 aromatic carbocycles. The number of rotatable bonds is 3. The van der Waals surface area contributed by atoms with E-state index >= 15 is 0 Å². The third-order valence-corrected chi connectivity index (χ3v) is 3.88. The number of para-hydroxylation sites is 3. The van der Waals surface area contributed by atoms with Crippen LogP contribution in [0.25, 0.3) is 22.1 Å². The van der Waals surface area contributed by atoms with Gasteiger partial charge in [0.2, 0.25) is 0 Å². The van der Waals surface area contributed by atoms with E-state index in [0.29, 0.717) is 12.6 Å². The van der Waals surface area contributed by atoms with Crippen LogP contribution in [-0.2, 0) is 13.6 Å². The minimum atomic E-state index is 0.518. The summed E-state index contributed by atoms with van der Waals surface area (Å²) in [5, 5.41) is 3.21. The zero-order valence-electron chi connectivity index (χ0n) is 12.5. The number of hydrogen-bond donors (Lipinski definition) is 1. The smallest absolute Gasteiger partial charge is 0.296 e. The Morgan fingerprint density at radius 3 is 2.68 bits per heavy atom. The van der Waals surface area contributed by atoms with E-state index in [0.717, 1.165) is 28.0 Å². The zero-order chi connectivity index (χ0) is 15.1. The van der Waals surface area contributed by atoms with E-state index in [9.17, 15) is 0 Å². The Bertz CT molecular complexity index is 934. The highest BCUT2D eigenvalue weighted by Crippen LogP contribution is 2.21. The average Bonchev–Trinajstić information content (AvgIpc) is 3.07. The van der Waals surface area contributed by atoms with Gasteiger partial charge in [-0.2, -0.15) is 4.98 Å². The second-order valence-electron chi connectivity index (χ2n) is 5.37. The van der Waals surface area contributed by atoms with Crippen molar-refractivity contribution in [1.82, 2.24) is 14.5 Å². The maximum atomic E-state index is 5.67. The molecule has 0 saturated heterocycles. The van der Waals surface area contributed by atoms with Crippen LogP contribution in [0.4, 0.5) is 6.01 Å². The predicted octanol–water partition coefficient (Wildman–Crippen LogP) is 3.64. The van der Waals surface area contributed by atoms with E-state index in [4.69, 9.17) is 4.42 Å². The van der Waals surface area contributed by atoms with Gasteiger partial charge in [0, 0.05) is 7.05 Å². The summed E-state index contributed by atoms with van der Waals surface area (Å²) < 4.78 is 7.78. The van der Waals surface area contributed by atoms with Crippen LogP contribution >= 0.6 is 0 Å². The topological polar surface area (TPSA) is 55.9 Å². The summed E-state index contributed by atoms with van der Waals surface area (Å²) in [6.07, 6.45) is 0. The number of anilines is 1. The molecule has 2 heterocycles. The fourth-order valence-electron chi connectivity index (χ4n) is 2.77. The van der Waals surface area contributed by atoms with Crippen molar-refractivity contribution in [1.29, 1.82) is 0 Å². The lowest BCUT2D eigenvalue weighted by Gasteiger charge is -2.04. The molecule has 0 unspecified atom stereocenters. The van der Waals surface area contributed by atoms with Crippen molar-refractivity contribution in [2.45, 2.75) is 13.5 Å². The number of benzene rings is 2. The summed E-state index contributed by atoms with van der Waals surface area (Å²) in [5.41, 5.74) is 5.03. The van der Waals surface area contributed by atoms with Crippen LogP contribution < -0.4 is 5.32 Å². The van der Waals surface area contributed by atoms with Gasteiger partial charge in [-0.15, -0.1) is 0 Å². The molecule has 1 N–H and O–H groups in total. The first-order valence-corrected chi connectivity index (χ1v) is 7.23. The van der Waals surface area contributed by atoms with Gasteiger partial charge in [-0.05, 0) is 30.7 Å². The second-order valence-corrected chi connectivity index (χ2v) is 5.37. The molecule has 0 saturated carbocycles. The third kappa shape index (κ3) is 2.02. The number of oxazole rings is 1. The number of imidazole rings is 1. The highest BCUT2D eigenvalue weighted by atomic mass is 16.4. The van der Waals surface area contributed by atoms with Crippen molar-refractivity contribution in [2.24, 2.45) is 7.05 Å². The molecule has 0 fully saturated rings. The first-order valence-electron chi connectivity index (χ1n) is 7.23. The molecule has 0 aliphatic heterocycles. The summed E-state index contributed by atoms with van der Waals surface area (Å²) in [4.78, 5) is 9.09.